The number of carbonyl (C=O) groups is 1. The molecule has 2 N–H and O–H groups in total. The fraction of sp³-hybridized carbons (Fsp3) is 0.167. The summed E-state index contributed by atoms with van der Waals surface area (Å²) < 4.78 is 0. The van der Waals surface area contributed by atoms with Crippen molar-refractivity contribution in [2.24, 2.45) is 0 Å². The second kappa shape index (κ2) is 5.01. The first-order valence-corrected chi connectivity index (χ1v) is 5.58. The summed E-state index contributed by atoms with van der Waals surface area (Å²) in [5, 5.41) is 9.96. The third-order valence-corrected chi connectivity index (χ3v) is 2.82. The lowest BCUT2D eigenvalue weighted by Crippen LogP contribution is -2.23. The van der Waals surface area contributed by atoms with Gasteiger partial charge in [0.25, 0.3) is 5.91 Å². The van der Waals surface area contributed by atoms with E-state index >= 15 is 0 Å². The maximum absolute atomic E-state index is 11.8. The molecule has 2 rings (SSSR count). The van der Waals surface area contributed by atoms with Crippen LogP contribution in [0.2, 0.25) is 5.02 Å². The van der Waals surface area contributed by atoms with Gasteiger partial charge in [0, 0.05) is 17.8 Å². The van der Waals surface area contributed by atoms with Gasteiger partial charge in [-0.05, 0) is 19.1 Å². The molecule has 0 aliphatic carbocycles. The Balaban J connectivity index is 2.04. The molecule has 1 aromatic heterocycles. The van der Waals surface area contributed by atoms with Gasteiger partial charge in [0.2, 0.25) is 0 Å². The number of hydrogen-bond acceptors (Lipinski definition) is 2. The second-order valence-electron chi connectivity index (χ2n) is 3.68. The monoisotopic (exact) mass is 249 g/mol. The van der Waals surface area contributed by atoms with Crippen molar-refractivity contribution in [2.75, 3.05) is 0 Å². The standard InChI is InChI=1S/C12H12ClN3O/c1-8-9(7-15-16-8)6-14-12(17)10-4-2-3-5-11(10)13/h2-5,7H,6H2,1H3,(H,14,17)(H,15,16). The first kappa shape index (κ1) is 11.7. The molecule has 88 valence electrons. The van der Waals surface area contributed by atoms with E-state index in [0.29, 0.717) is 17.1 Å². The van der Waals surface area contributed by atoms with Crippen LogP contribution < -0.4 is 5.32 Å². The predicted octanol–water partition coefficient (Wildman–Crippen LogP) is 2.30. The number of amides is 1. The van der Waals surface area contributed by atoms with Gasteiger partial charge in [-0.2, -0.15) is 5.10 Å². The molecule has 17 heavy (non-hydrogen) atoms. The van der Waals surface area contributed by atoms with E-state index in [1.54, 1.807) is 30.5 Å². The van der Waals surface area contributed by atoms with Gasteiger partial charge in [0.05, 0.1) is 16.8 Å². The highest BCUT2D eigenvalue weighted by atomic mass is 35.5. The van der Waals surface area contributed by atoms with E-state index in [0.717, 1.165) is 11.3 Å². The molecular formula is C12H12ClN3O. The zero-order chi connectivity index (χ0) is 12.3. The lowest BCUT2D eigenvalue weighted by molar-refractivity contribution is 0.0951. The first-order chi connectivity index (χ1) is 8.18. The molecule has 0 atom stereocenters. The van der Waals surface area contributed by atoms with Crippen molar-refractivity contribution in [3.05, 3.63) is 52.3 Å². The molecule has 2 aromatic rings. The zero-order valence-electron chi connectivity index (χ0n) is 9.33. The Kier molecular flexibility index (Phi) is 3.44. The van der Waals surface area contributed by atoms with E-state index < -0.39 is 0 Å². The largest absolute Gasteiger partial charge is 0.348 e. The van der Waals surface area contributed by atoms with E-state index in [1.165, 1.54) is 0 Å². The molecule has 0 bridgehead atoms. The maximum Gasteiger partial charge on any atom is 0.253 e. The van der Waals surface area contributed by atoms with Crippen LogP contribution in [-0.2, 0) is 6.54 Å². The molecule has 0 fully saturated rings. The fourth-order valence-corrected chi connectivity index (χ4v) is 1.69. The minimum atomic E-state index is -0.184. The van der Waals surface area contributed by atoms with Crippen molar-refractivity contribution in [1.29, 1.82) is 0 Å². The van der Waals surface area contributed by atoms with Gasteiger partial charge in [-0.25, -0.2) is 0 Å². The highest BCUT2D eigenvalue weighted by molar-refractivity contribution is 6.33. The van der Waals surface area contributed by atoms with Gasteiger partial charge in [-0.15, -0.1) is 0 Å². The zero-order valence-corrected chi connectivity index (χ0v) is 10.1. The van der Waals surface area contributed by atoms with Gasteiger partial charge < -0.3 is 5.32 Å². The molecule has 0 aliphatic heterocycles. The number of aryl methyl sites for hydroxylation is 1. The second-order valence-corrected chi connectivity index (χ2v) is 4.09. The lowest BCUT2D eigenvalue weighted by atomic mass is 10.2. The molecule has 0 spiro atoms. The average molecular weight is 250 g/mol. The SMILES string of the molecule is Cc1[nH]ncc1CNC(=O)c1ccccc1Cl. The van der Waals surface area contributed by atoms with Crippen LogP contribution in [0.3, 0.4) is 0 Å². The van der Waals surface area contributed by atoms with Crippen molar-refractivity contribution in [3.8, 4) is 0 Å². The van der Waals surface area contributed by atoms with Crippen LogP contribution in [0, 0.1) is 6.92 Å². The Morgan fingerprint density at radius 1 is 1.47 bits per heavy atom. The summed E-state index contributed by atoms with van der Waals surface area (Å²) in [6.45, 7) is 2.34. The van der Waals surface area contributed by atoms with Crippen LogP contribution in [0.5, 0.6) is 0 Å². The Bertz CT molecular complexity index is 536. The topological polar surface area (TPSA) is 57.8 Å². The van der Waals surface area contributed by atoms with Crippen LogP contribution in [0.25, 0.3) is 0 Å². The van der Waals surface area contributed by atoms with Crippen LogP contribution in [0.1, 0.15) is 21.6 Å². The number of rotatable bonds is 3. The third kappa shape index (κ3) is 2.65. The summed E-state index contributed by atoms with van der Waals surface area (Å²) in [6.07, 6.45) is 1.70. The minimum absolute atomic E-state index is 0.184. The van der Waals surface area contributed by atoms with Crippen molar-refractivity contribution in [3.63, 3.8) is 0 Å². The van der Waals surface area contributed by atoms with Gasteiger partial charge >= 0.3 is 0 Å². The Morgan fingerprint density at radius 2 is 2.24 bits per heavy atom. The van der Waals surface area contributed by atoms with Gasteiger partial charge in [-0.1, -0.05) is 23.7 Å². The molecule has 0 saturated heterocycles. The lowest BCUT2D eigenvalue weighted by Gasteiger charge is -2.05. The summed E-state index contributed by atoms with van der Waals surface area (Å²) in [6, 6.07) is 6.96. The molecule has 5 heteroatoms. The molecule has 0 radical (unpaired) electrons. The van der Waals surface area contributed by atoms with Gasteiger partial charge in [0.1, 0.15) is 0 Å². The fourth-order valence-electron chi connectivity index (χ4n) is 1.47. The summed E-state index contributed by atoms with van der Waals surface area (Å²) in [4.78, 5) is 11.8. The van der Waals surface area contributed by atoms with E-state index in [4.69, 9.17) is 11.6 Å². The molecule has 4 nitrogen and oxygen atoms in total. The highest BCUT2D eigenvalue weighted by Gasteiger charge is 2.09. The molecule has 0 saturated carbocycles. The van der Waals surface area contributed by atoms with Gasteiger partial charge in [-0.3, -0.25) is 9.89 Å². The number of carbonyl (C=O) groups excluding carboxylic acids is 1. The first-order valence-electron chi connectivity index (χ1n) is 5.20. The molecule has 0 unspecified atom stereocenters. The Hall–Kier alpha value is -1.81. The smallest absolute Gasteiger partial charge is 0.253 e. The summed E-state index contributed by atoms with van der Waals surface area (Å²) in [5.74, 6) is -0.184. The maximum atomic E-state index is 11.8. The number of nitrogens with one attached hydrogen (secondary N) is 2. The molecule has 1 amide bonds. The predicted molar refractivity (Wildman–Crippen MR) is 65.9 cm³/mol. The average Bonchev–Trinajstić information content (AvgIpc) is 2.72. The normalized spacial score (nSPS) is 10.2. The summed E-state index contributed by atoms with van der Waals surface area (Å²) in [7, 11) is 0. The minimum Gasteiger partial charge on any atom is -0.348 e. The van der Waals surface area contributed by atoms with E-state index in [2.05, 4.69) is 15.5 Å². The van der Waals surface area contributed by atoms with Crippen LogP contribution >= 0.6 is 11.6 Å². The van der Waals surface area contributed by atoms with Crippen molar-refractivity contribution in [1.82, 2.24) is 15.5 Å². The summed E-state index contributed by atoms with van der Waals surface area (Å²) >= 11 is 5.93. The van der Waals surface area contributed by atoms with E-state index in [1.807, 2.05) is 6.92 Å². The molecule has 1 heterocycles. The number of nitrogens with zero attached hydrogens (tertiary/aromatic N) is 1. The quantitative estimate of drug-likeness (QED) is 0.877. The van der Waals surface area contributed by atoms with Crippen molar-refractivity contribution >= 4 is 17.5 Å². The number of aromatic amines is 1. The van der Waals surface area contributed by atoms with Gasteiger partial charge in [0.15, 0.2) is 0 Å². The Morgan fingerprint density at radius 3 is 2.88 bits per heavy atom. The van der Waals surface area contributed by atoms with Crippen molar-refractivity contribution in [2.45, 2.75) is 13.5 Å². The molecule has 0 aliphatic rings. The van der Waals surface area contributed by atoms with E-state index in [9.17, 15) is 4.79 Å². The Labute approximate surface area is 104 Å². The van der Waals surface area contributed by atoms with E-state index in [-0.39, 0.29) is 5.91 Å². The van der Waals surface area contributed by atoms with Crippen molar-refractivity contribution < 1.29 is 4.79 Å². The number of halogens is 1. The number of hydrogen-bond donors (Lipinski definition) is 2. The van der Waals surface area contributed by atoms with Crippen LogP contribution in [-0.4, -0.2) is 16.1 Å². The molecular weight excluding hydrogens is 238 g/mol. The summed E-state index contributed by atoms with van der Waals surface area (Å²) in [5.41, 5.74) is 2.39. The van der Waals surface area contributed by atoms with Crippen LogP contribution in [0.15, 0.2) is 30.5 Å². The van der Waals surface area contributed by atoms with Crippen LogP contribution in [0.4, 0.5) is 0 Å². The number of H-pyrrole nitrogens is 1. The number of aromatic nitrogens is 2. The highest BCUT2D eigenvalue weighted by Crippen LogP contribution is 2.14. The number of benzene rings is 1. The third-order valence-electron chi connectivity index (χ3n) is 2.49. The molecule has 1 aromatic carbocycles.